The summed E-state index contributed by atoms with van der Waals surface area (Å²) >= 11 is 9.22. The van der Waals surface area contributed by atoms with Gasteiger partial charge >= 0.3 is 0 Å². The molecule has 0 unspecified atom stereocenters. The lowest BCUT2D eigenvalue weighted by molar-refractivity contribution is 0.0960. The SMILES string of the molecule is O=C(NCCSc1ccc(Cl)cc1)c1cc2c(s1)CCC2. The van der Waals surface area contributed by atoms with Crippen LogP contribution >= 0.6 is 34.7 Å². The highest BCUT2D eigenvalue weighted by atomic mass is 35.5. The summed E-state index contributed by atoms with van der Waals surface area (Å²) < 4.78 is 0. The first-order valence-electron chi connectivity index (χ1n) is 7.00. The fraction of sp³-hybridized carbons (Fsp3) is 0.312. The highest BCUT2D eigenvalue weighted by Gasteiger charge is 2.17. The lowest BCUT2D eigenvalue weighted by Gasteiger charge is -2.04. The zero-order valence-electron chi connectivity index (χ0n) is 11.5. The van der Waals surface area contributed by atoms with Gasteiger partial charge in [-0.2, -0.15) is 0 Å². The summed E-state index contributed by atoms with van der Waals surface area (Å²) in [4.78, 5) is 15.5. The van der Waals surface area contributed by atoms with Crippen molar-refractivity contribution < 1.29 is 4.79 Å². The van der Waals surface area contributed by atoms with E-state index in [2.05, 4.69) is 11.4 Å². The molecule has 1 amide bonds. The number of halogens is 1. The van der Waals surface area contributed by atoms with Crippen LogP contribution in [0.25, 0.3) is 0 Å². The smallest absolute Gasteiger partial charge is 0.261 e. The maximum Gasteiger partial charge on any atom is 0.261 e. The number of hydrogen-bond acceptors (Lipinski definition) is 3. The molecule has 0 aliphatic heterocycles. The van der Waals surface area contributed by atoms with Gasteiger partial charge in [0.05, 0.1) is 4.88 Å². The monoisotopic (exact) mass is 337 g/mol. The second kappa shape index (κ2) is 6.86. The molecule has 110 valence electrons. The summed E-state index contributed by atoms with van der Waals surface area (Å²) in [5.74, 6) is 0.921. The third kappa shape index (κ3) is 3.82. The van der Waals surface area contributed by atoms with E-state index in [1.807, 2.05) is 24.3 Å². The van der Waals surface area contributed by atoms with Crippen molar-refractivity contribution in [3.63, 3.8) is 0 Å². The van der Waals surface area contributed by atoms with Crippen LogP contribution in [0.5, 0.6) is 0 Å². The van der Waals surface area contributed by atoms with Gasteiger partial charge in [0.25, 0.3) is 5.91 Å². The lowest BCUT2D eigenvalue weighted by Crippen LogP contribution is -2.24. The van der Waals surface area contributed by atoms with Crippen LogP contribution in [0, 0.1) is 0 Å². The third-order valence-corrected chi connectivity index (χ3v) is 5.94. The quantitative estimate of drug-likeness (QED) is 0.646. The van der Waals surface area contributed by atoms with E-state index in [-0.39, 0.29) is 5.91 Å². The summed E-state index contributed by atoms with van der Waals surface area (Å²) in [5.41, 5.74) is 1.38. The van der Waals surface area contributed by atoms with Crippen molar-refractivity contribution in [3.05, 3.63) is 50.7 Å². The number of benzene rings is 1. The first-order chi connectivity index (χ1) is 10.2. The van der Waals surface area contributed by atoms with Crippen LogP contribution in [0.15, 0.2) is 35.2 Å². The van der Waals surface area contributed by atoms with Crippen molar-refractivity contribution in [2.24, 2.45) is 0 Å². The van der Waals surface area contributed by atoms with Gasteiger partial charge in [-0.1, -0.05) is 11.6 Å². The Labute approximate surface area is 137 Å². The summed E-state index contributed by atoms with van der Waals surface area (Å²) in [6.45, 7) is 0.675. The molecule has 0 bridgehead atoms. The normalized spacial score (nSPS) is 13.2. The number of fused-ring (bicyclic) bond motifs is 1. The predicted octanol–water partition coefficient (Wildman–Crippen LogP) is 4.41. The Balaban J connectivity index is 1.44. The van der Waals surface area contributed by atoms with Crippen LogP contribution in [-0.2, 0) is 12.8 Å². The van der Waals surface area contributed by atoms with Crippen LogP contribution in [0.4, 0.5) is 0 Å². The molecule has 5 heteroatoms. The maximum atomic E-state index is 12.1. The Morgan fingerprint density at radius 1 is 1.29 bits per heavy atom. The Bertz CT molecular complexity index is 615. The van der Waals surface area contributed by atoms with Crippen molar-refractivity contribution in [2.45, 2.75) is 24.2 Å². The zero-order valence-corrected chi connectivity index (χ0v) is 13.9. The van der Waals surface area contributed by atoms with Crippen molar-refractivity contribution >= 4 is 40.6 Å². The number of amides is 1. The zero-order chi connectivity index (χ0) is 14.7. The average molecular weight is 338 g/mol. The van der Waals surface area contributed by atoms with Crippen molar-refractivity contribution in [1.82, 2.24) is 5.32 Å². The molecule has 1 aliphatic carbocycles. The molecule has 1 N–H and O–H groups in total. The fourth-order valence-electron chi connectivity index (χ4n) is 2.39. The minimum absolute atomic E-state index is 0.0612. The molecule has 0 saturated heterocycles. The summed E-state index contributed by atoms with van der Waals surface area (Å²) in [5, 5.41) is 3.74. The van der Waals surface area contributed by atoms with Crippen molar-refractivity contribution in [2.75, 3.05) is 12.3 Å². The fourth-order valence-corrected chi connectivity index (χ4v) is 4.46. The van der Waals surface area contributed by atoms with Gasteiger partial charge in [-0.15, -0.1) is 23.1 Å². The molecule has 0 fully saturated rings. The molecule has 1 aromatic carbocycles. The number of hydrogen-bond donors (Lipinski definition) is 1. The molecule has 1 heterocycles. The van der Waals surface area contributed by atoms with Crippen LogP contribution < -0.4 is 5.32 Å². The first kappa shape index (κ1) is 14.9. The largest absolute Gasteiger partial charge is 0.350 e. The average Bonchev–Trinajstić information content (AvgIpc) is 3.06. The molecule has 1 aliphatic rings. The second-order valence-electron chi connectivity index (χ2n) is 4.97. The molecule has 0 saturated carbocycles. The van der Waals surface area contributed by atoms with Gasteiger partial charge in [-0.25, -0.2) is 0 Å². The number of thiophene rings is 1. The molecule has 2 nitrogen and oxygen atoms in total. The van der Waals surface area contributed by atoms with Gasteiger partial charge < -0.3 is 5.32 Å². The third-order valence-electron chi connectivity index (χ3n) is 3.44. The molecule has 2 aromatic rings. The first-order valence-corrected chi connectivity index (χ1v) is 9.18. The minimum atomic E-state index is 0.0612. The van der Waals surface area contributed by atoms with E-state index in [0.29, 0.717) is 6.54 Å². The number of carbonyl (C=O) groups is 1. The summed E-state index contributed by atoms with van der Waals surface area (Å²) in [6.07, 6.45) is 3.51. The molecule has 1 aromatic heterocycles. The van der Waals surface area contributed by atoms with Gasteiger partial charge in [-0.3, -0.25) is 4.79 Å². The summed E-state index contributed by atoms with van der Waals surface area (Å²) in [7, 11) is 0. The number of carbonyl (C=O) groups excluding carboxylic acids is 1. The topological polar surface area (TPSA) is 29.1 Å². The second-order valence-corrected chi connectivity index (χ2v) is 7.71. The van der Waals surface area contributed by atoms with E-state index in [1.165, 1.54) is 21.8 Å². The van der Waals surface area contributed by atoms with E-state index in [1.54, 1.807) is 23.1 Å². The number of nitrogens with one attached hydrogen (secondary N) is 1. The summed E-state index contributed by atoms with van der Waals surface area (Å²) in [6, 6.07) is 9.83. The van der Waals surface area contributed by atoms with Gasteiger partial charge in [0, 0.05) is 27.1 Å². The molecule has 0 spiro atoms. The molecule has 0 radical (unpaired) electrons. The Hall–Kier alpha value is -0.970. The molecule has 3 rings (SSSR count). The van der Waals surface area contributed by atoms with Gasteiger partial charge in [-0.05, 0) is 55.2 Å². The highest BCUT2D eigenvalue weighted by molar-refractivity contribution is 7.99. The minimum Gasteiger partial charge on any atom is -0.350 e. The Morgan fingerprint density at radius 3 is 2.86 bits per heavy atom. The van der Waals surface area contributed by atoms with Crippen LogP contribution in [0.3, 0.4) is 0 Å². The van der Waals surface area contributed by atoms with Gasteiger partial charge in [0.15, 0.2) is 0 Å². The van der Waals surface area contributed by atoms with Crippen LogP contribution in [-0.4, -0.2) is 18.2 Å². The number of rotatable bonds is 5. The lowest BCUT2D eigenvalue weighted by atomic mass is 10.2. The van der Waals surface area contributed by atoms with Crippen LogP contribution in [0.2, 0.25) is 5.02 Å². The van der Waals surface area contributed by atoms with Crippen LogP contribution in [0.1, 0.15) is 26.5 Å². The number of thioether (sulfide) groups is 1. The predicted molar refractivity (Wildman–Crippen MR) is 90.9 cm³/mol. The van der Waals surface area contributed by atoms with E-state index in [0.717, 1.165) is 28.5 Å². The van der Waals surface area contributed by atoms with E-state index in [4.69, 9.17) is 11.6 Å². The molecule has 0 atom stereocenters. The van der Waals surface area contributed by atoms with E-state index in [9.17, 15) is 4.79 Å². The van der Waals surface area contributed by atoms with E-state index < -0.39 is 0 Å². The van der Waals surface area contributed by atoms with Gasteiger partial charge in [0.2, 0.25) is 0 Å². The van der Waals surface area contributed by atoms with Gasteiger partial charge in [0.1, 0.15) is 0 Å². The van der Waals surface area contributed by atoms with E-state index >= 15 is 0 Å². The maximum absolute atomic E-state index is 12.1. The molecular weight excluding hydrogens is 322 g/mol. The standard InChI is InChI=1S/C16H16ClNOS2/c17-12-4-6-13(7-5-12)20-9-8-18-16(19)15-10-11-2-1-3-14(11)21-15/h4-7,10H,1-3,8-9H2,(H,18,19). The Morgan fingerprint density at radius 2 is 2.10 bits per heavy atom. The Kier molecular flexibility index (Phi) is 4.88. The molecular formula is C16H16ClNOS2. The highest BCUT2D eigenvalue weighted by Crippen LogP contribution is 2.30. The van der Waals surface area contributed by atoms with Crippen molar-refractivity contribution in [3.8, 4) is 0 Å². The molecule has 21 heavy (non-hydrogen) atoms. The number of aryl methyl sites for hydroxylation is 2. The van der Waals surface area contributed by atoms with Crippen molar-refractivity contribution in [1.29, 1.82) is 0 Å².